The molecule has 7 heteroatoms. The maximum absolute atomic E-state index is 6.94. The van der Waals surface area contributed by atoms with Crippen LogP contribution in [0.25, 0.3) is 67.4 Å². The van der Waals surface area contributed by atoms with E-state index in [9.17, 15) is 0 Å². The summed E-state index contributed by atoms with van der Waals surface area (Å²) in [6, 6.07) is 37.4. The Morgan fingerprint density at radius 2 is 0.979 bits per heavy atom. The van der Waals surface area contributed by atoms with Crippen molar-refractivity contribution in [1.29, 1.82) is 0 Å². The lowest BCUT2D eigenvalue weighted by Crippen LogP contribution is -2.25. The third-order valence-electron chi connectivity index (χ3n) is 9.76. The maximum Gasteiger partial charge on any atom is 0.159 e. The molecule has 8 aromatic rings. The Hall–Kier alpha value is -6.08. The van der Waals surface area contributed by atoms with E-state index in [1.54, 1.807) is 0 Å². The summed E-state index contributed by atoms with van der Waals surface area (Å²) in [6.45, 7) is 4.53. The van der Waals surface area contributed by atoms with Crippen LogP contribution in [0.5, 0.6) is 11.5 Å². The van der Waals surface area contributed by atoms with Gasteiger partial charge in [0, 0.05) is 65.3 Å². The average molecular weight is 625 g/mol. The Morgan fingerprint density at radius 1 is 0.521 bits per heavy atom. The number of ether oxygens (including phenoxy) is 1. The summed E-state index contributed by atoms with van der Waals surface area (Å²) in [5, 5.41) is 0. The molecule has 4 aromatic carbocycles. The van der Waals surface area contributed by atoms with Gasteiger partial charge < -0.3 is 13.9 Å². The molecule has 0 spiro atoms. The molecule has 232 valence electrons. The van der Waals surface area contributed by atoms with Crippen LogP contribution in [0.2, 0.25) is 0 Å². The molecule has 0 bridgehead atoms. The summed E-state index contributed by atoms with van der Waals surface area (Å²) < 4.78 is 11.1. The third kappa shape index (κ3) is 4.20. The second kappa shape index (κ2) is 10.5. The smallest absolute Gasteiger partial charge is 0.159 e. The van der Waals surface area contributed by atoms with Crippen LogP contribution < -0.4 is 4.74 Å². The first-order valence-electron chi connectivity index (χ1n) is 16.1. The molecule has 0 unspecified atom stereocenters. The third-order valence-corrected chi connectivity index (χ3v) is 9.76. The number of imidazole rings is 2. The lowest BCUT2D eigenvalue weighted by molar-refractivity contribution is 0.421. The molecular formula is C41H32N6O. The van der Waals surface area contributed by atoms with Gasteiger partial charge in [-0.3, -0.25) is 9.97 Å². The molecule has 5 heterocycles. The number of hydrogen-bond acceptors (Lipinski definition) is 5. The minimum absolute atomic E-state index is 0.296. The predicted octanol–water partition coefficient (Wildman–Crippen LogP) is 9.35. The Balaban J connectivity index is 1.09. The average Bonchev–Trinajstić information content (AvgIpc) is 3.64. The molecule has 0 saturated carbocycles. The number of benzene rings is 4. The standard InChI is InChI=1S/C41H32N6O/c1-41(2)29-13-9-11-27(25-19-21-33(42-23-25)39-44-31-15-5-7-17-35(31)46(39)3)37(29)48-38-28(12-10-14-30(38)41)26-20-22-34(43-24-26)40-45-32-16-6-8-18-36(32)47(40)4/h5-24H,1-4H3. The molecule has 0 N–H and O–H groups in total. The molecular weight excluding hydrogens is 592 g/mol. The van der Waals surface area contributed by atoms with Gasteiger partial charge in [-0.05, 0) is 36.4 Å². The summed E-state index contributed by atoms with van der Waals surface area (Å²) in [5.74, 6) is 3.38. The fraction of sp³-hybridized carbons (Fsp3) is 0.122. The van der Waals surface area contributed by atoms with Gasteiger partial charge in [-0.1, -0.05) is 86.6 Å². The summed E-state index contributed by atoms with van der Waals surface area (Å²) in [6.07, 6.45) is 3.84. The van der Waals surface area contributed by atoms with E-state index in [4.69, 9.17) is 24.7 Å². The number of para-hydroxylation sites is 6. The molecule has 0 radical (unpaired) electrons. The number of hydrogen-bond donors (Lipinski definition) is 0. The number of fused-ring (bicyclic) bond motifs is 4. The monoisotopic (exact) mass is 624 g/mol. The van der Waals surface area contributed by atoms with Gasteiger partial charge in [-0.25, -0.2) is 9.97 Å². The van der Waals surface area contributed by atoms with Gasteiger partial charge >= 0.3 is 0 Å². The number of aryl methyl sites for hydroxylation is 2. The minimum atomic E-state index is -0.296. The topological polar surface area (TPSA) is 70.7 Å². The van der Waals surface area contributed by atoms with Crippen molar-refractivity contribution < 1.29 is 4.74 Å². The van der Waals surface area contributed by atoms with E-state index >= 15 is 0 Å². The van der Waals surface area contributed by atoms with Crippen LogP contribution in [0, 0.1) is 0 Å². The van der Waals surface area contributed by atoms with Crippen molar-refractivity contribution in [2.75, 3.05) is 0 Å². The van der Waals surface area contributed by atoms with Crippen LogP contribution in [-0.2, 0) is 19.5 Å². The molecule has 0 amide bonds. The van der Waals surface area contributed by atoms with Gasteiger partial charge in [0.25, 0.3) is 0 Å². The molecule has 0 atom stereocenters. The van der Waals surface area contributed by atoms with E-state index in [1.807, 2.05) is 75.0 Å². The zero-order chi connectivity index (χ0) is 32.6. The maximum atomic E-state index is 6.94. The first-order valence-corrected chi connectivity index (χ1v) is 16.1. The molecule has 4 aromatic heterocycles. The number of pyridine rings is 2. The lowest BCUT2D eigenvalue weighted by atomic mass is 9.74. The Kier molecular flexibility index (Phi) is 6.14. The first-order chi connectivity index (χ1) is 23.4. The zero-order valence-electron chi connectivity index (χ0n) is 27.1. The Morgan fingerprint density at radius 3 is 1.40 bits per heavy atom. The lowest BCUT2D eigenvalue weighted by Gasteiger charge is -2.36. The molecule has 0 fully saturated rings. The second-order valence-corrected chi connectivity index (χ2v) is 12.9. The van der Waals surface area contributed by atoms with E-state index in [2.05, 4.69) is 83.6 Å². The molecule has 9 rings (SSSR count). The molecule has 0 saturated heterocycles. The van der Waals surface area contributed by atoms with E-state index in [0.717, 1.165) is 90.0 Å². The van der Waals surface area contributed by atoms with Crippen molar-refractivity contribution in [2.24, 2.45) is 14.1 Å². The summed E-state index contributed by atoms with van der Waals surface area (Å²) in [4.78, 5) is 19.4. The van der Waals surface area contributed by atoms with Crippen molar-refractivity contribution >= 4 is 22.1 Å². The van der Waals surface area contributed by atoms with Crippen molar-refractivity contribution in [3.05, 3.63) is 133 Å². The fourth-order valence-corrected chi connectivity index (χ4v) is 7.10. The van der Waals surface area contributed by atoms with Crippen molar-refractivity contribution in [2.45, 2.75) is 19.3 Å². The van der Waals surface area contributed by atoms with Crippen LogP contribution in [0.15, 0.2) is 122 Å². The number of nitrogens with zero attached hydrogens (tertiary/aromatic N) is 6. The Bertz CT molecular complexity index is 2350. The highest BCUT2D eigenvalue weighted by atomic mass is 16.5. The van der Waals surface area contributed by atoms with E-state index in [-0.39, 0.29) is 5.41 Å². The van der Waals surface area contributed by atoms with Crippen LogP contribution in [0.4, 0.5) is 0 Å². The van der Waals surface area contributed by atoms with Crippen LogP contribution in [-0.4, -0.2) is 29.1 Å². The second-order valence-electron chi connectivity index (χ2n) is 12.9. The quantitative estimate of drug-likeness (QED) is 0.195. The zero-order valence-corrected chi connectivity index (χ0v) is 27.1. The van der Waals surface area contributed by atoms with Gasteiger partial charge in [0.05, 0.1) is 22.1 Å². The summed E-state index contributed by atoms with van der Waals surface area (Å²) >= 11 is 0. The molecule has 0 aliphatic carbocycles. The van der Waals surface area contributed by atoms with Crippen LogP contribution >= 0.6 is 0 Å². The molecule has 48 heavy (non-hydrogen) atoms. The number of rotatable bonds is 4. The fourth-order valence-electron chi connectivity index (χ4n) is 7.10. The predicted molar refractivity (Wildman–Crippen MR) is 191 cm³/mol. The minimum Gasteiger partial charge on any atom is -0.455 e. The van der Waals surface area contributed by atoms with Crippen molar-refractivity contribution in [3.63, 3.8) is 0 Å². The van der Waals surface area contributed by atoms with Gasteiger partial charge in [-0.2, -0.15) is 0 Å². The highest BCUT2D eigenvalue weighted by Gasteiger charge is 2.37. The largest absolute Gasteiger partial charge is 0.455 e. The number of aromatic nitrogens is 6. The SMILES string of the molecule is Cn1c(-c2ccc(-c3cccc4c3Oc3c(-c5ccc(-c6nc7ccccc7n6C)nc5)cccc3C4(C)C)cn2)nc2ccccc21. The van der Waals surface area contributed by atoms with Gasteiger partial charge in [0.2, 0.25) is 0 Å². The van der Waals surface area contributed by atoms with E-state index in [1.165, 1.54) is 0 Å². The van der Waals surface area contributed by atoms with Gasteiger partial charge in [-0.15, -0.1) is 0 Å². The summed E-state index contributed by atoms with van der Waals surface area (Å²) in [7, 11) is 4.06. The highest BCUT2D eigenvalue weighted by Crippen LogP contribution is 2.53. The first kappa shape index (κ1) is 28.2. The normalized spacial score (nSPS) is 13.3. The van der Waals surface area contributed by atoms with Crippen LogP contribution in [0.1, 0.15) is 25.0 Å². The van der Waals surface area contributed by atoms with Crippen molar-refractivity contribution in [3.8, 4) is 56.8 Å². The van der Waals surface area contributed by atoms with Gasteiger partial charge in [0.15, 0.2) is 11.6 Å². The van der Waals surface area contributed by atoms with Crippen LogP contribution in [0.3, 0.4) is 0 Å². The highest BCUT2D eigenvalue weighted by molar-refractivity contribution is 5.83. The van der Waals surface area contributed by atoms with Crippen molar-refractivity contribution in [1.82, 2.24) is 29.1 Å². The summed E-state index contributed by atoms with van der Waals surface area (Å²) in [5.41, 5.74) is 11.7. The molecule has 1 aliphatic heterocycles. The molecule has 7 nitrogen and oxygen atoms in total. The Labute approximate surface area is 278 Å². The van der Waals surface area contributed by atoms with Gasteiger partial charge in [0.1, 0.15) is 22.9 Å². The van der Waals surface area contributed by atoms with E-state index in [0.29, 0.717) is 0 Å². The molecule has 1 aliphatic rings. The van der Waals surface area contributed by atoms with E-state index < -0.39 is 0 Å².